The number of halogens is 1. The molecule has 29 heavy (non-hydrogen) atoms. The molecule has 0 bridgehead atoms. The molecule has 0 saturated carbocycles. The lowest BCUT2D eigenvalue weighted by Gasteiger charge is -2.09. The second-order valence-corrected chi connectivity index (χ2v) is 8.98. The number of ether oxygens (including phenoxy) is 3. The molecule has 10 heteroatoms. The summed E-state index contributed by atoms with van der Waals surface area (Å²) in [5, 5.41) is 0.455. The van der Waals surface area contributed by atoms with Crippen molar-refractivity contribution in [3.05, 3.63) is 46.2 Å². The zero-order valence-corrected chi connectivity index (χ0v) is 18.6. The molecule has 0 amide bonds. The molecule has 0 aliphatic rings. The van der Waals surface area contributed by atoms with Crippen molar-refractivity contribution in [2.24, 2.45) is 4.40 Å². The van der Waals surface area contributed by atoms with Crippen molar-refractivity contribution in [2.45, 2.75) is 18.4 Å². The normalized spacial score (nSPS) is 12.5. The van der Waals surface area contributed by atoms with Gasteiger partial charge in [-0.2, -0.15) is 8.42 Å². The van der Waals surface area contributed by atoms with Gasteiger partial charge in [0, 0.05) is 30.3 Å². The maximum Gasteiger partial charge on any atom is 0.285 e. The molecule has 2 aromatic carbocycles. The number of rotatable bonds is 8. The van der Waals surface area contributed by atoms with Crippen LogP contribution in [0.5, 0.6) is 11.5 Å². The van der Waals surface area contributed by atoms with Gasteiger partial charge in [-0.3, -0.25) is 0 Å². The minimum absolute atomic E-state index is 0.0749. The third kappa shape index (κ3) is 4.75. The Morgan fingerprint density at radius 3 is 2.38 bits per heavy atom. The van der Waals surface area contributed by atoms with E-state index in [1.54, 1.807) is 14.2 Å². The topological polar surface area (TPSA) is 79.1 Å². The Hall–Kier alpha value is -2.07. The zero-order chi connectivity index (χ0) is 21.0. The van der Waals surface area contributed by atoms with Gasteiger partial charge in [-0.25, -0.2) is 0 Å². The highest BCUT2D eigenvalue weighted by atomic mass is 35.5. The van der Waals surface area contributed by atoms with Gasteiger partial charge in [-0.15, -0.1) is 4.40 Å². The minimum Gasteiger partial charge on any atom is -0.493 e. The summed E-state index contributed by atoms with van der Waals surface area (Å²) in [7, 11) is -0.805. The number of hydrogen-bond donors (Lipinski definition) is 0. The van der Waals surface area contributed by atoms with Gasteiger partial charge in [0.2, 0.25) is 4.80 Å². The first-order chi connectivity index (χ1) is 13.9. The molecule has 0 radical (unpaired) electrons. The smallest absolute Gasteiger partial charge is 0.285 e. The highest BCUT2D eigenvalue weighted by molar-refractivity contribution is 7.90. The number of nitrogens with zero attached hydrogens (tertiary/aromatic N) is 2. The first kappa shape index (κ1) is 21.6. The van der Waals surface area contributed by atoms with Crippen LogP contribution in [0.3, 0.4) is 0 Å². The molecule has 3 aromatic rings. The van der Waals surface area contributed by atoms with Crippen molar-refractivity contribution < 1.29 is 22.6 Å². The van der Waals surface area contributed by atoms with Crippen molar-refractivity contribution >= 4 is 43.2 Å². The summed E-state index contributed by atoms with van der Waals surface area (Å²) in [6.45, 7) is 3.33. The summed E-state index contributed by atoms with van der Waals surface area (Å²) in [4.78, 5) is 0.413. The monoisotopic (exact) mass is 456 g/mol. The minimum atomic E-state index is -3.91. The van der Waals surface area contributed by atoms with E-state index in [0.717, 1.165) is 10.2 Å². The van der Waals surface area contributed by atoms with Crippen LogP contribution in [0.1, 0.15) is 6.92 Å². The number of fused-ring (bicyclic) bond motifs is 1. The summed E-state index contributed by atoms with van der Waals surface area (Å²) in [5.74, 6) is 1.11. The van der Waals surface area contributed by atoms with Crippen LogP contribution in [0.25, 0.3) is 10.2 Å². The lowest BCUT2D eigenvalue weighted by molar-refractivity contribution is 0.139. The molecule has 0 fully saturated rings. The van der Waals surface area contributed by atoms with E-state index in [0.29, 0.717) is 41.1 Å². The van der Waals surface area contributed by atoms with Crippen LogP contribution in [0.15, 0.2) is 45.7 Å². The van der Waals surface area contributed by atoms with Crippen LogP contribution in [-0.2, 0) is 21.3 Å². The average molecular weight is 457 g/mol. The maximum absolute atomic E-state index is 12.8. The molecular formula is C19H21ClN2O5S2. The van der Waals surface area contributed by atoms with E-state index in [2.05, 4.69) is 4.40 Å². The average Bonchev–Trinajstić information content (AvgIpc) is 3.02. The molecule has 7 nitrogen and oxygen atoms in total. The lowest BCUT2D eigenvalue weighted by Crippen LogP contribution is -2.20. The summed E-state index contributed by atoms with van der Waals surface area (Å²) < 4.78 is 48.6. The lowest BCUT2D eigenvalue weighted by atomic mass is 10.3. The Morgan fingerprint density at radius 1 is 1.10 bits per heavy atom. The molecule has 0 aliphatic carbocycles. The van der Waals surface area contributed by atoms with E-state index >= 15 is 0 Å². The molecule has 0 unspecified atom stereocenters. The number of hydrogen-bond acceptors (Lipinski definition) is 6. The third-order valence-corrected chi connectivity index (χ3v) is 6.85. The van der Waals surface area contributed by atoms with Gasteiger partial charge >= 0.3 is 0 Å². The van der Waals surface area contributed by atoms with Crippen molar-refractivity contribution in [2.75, 3.05) is 27.4 Å². The molecule has 0 spiro atoms. The molecular weight excluding hydrogens is 436 g/mol. The van der Waals surface area contributed by atoms with E-state index in [9.17, 15) is 8.42 Å². The van der Waals surface area contributed by atoms with Crippen molar-refractivity contribution in [3.63, 3.8) is 0 Å². The zero-order valence-electron chi connectivity index (χ0n) is 16.2. The fourth-order valence-electron chi connectivity index (χ4n) is 2.75. The fourth-order valence-corrected chi connectivity index (χ4v) is 5.14. The molecule has 0 atom stereocenters. The summed E-state index contributed by atoms with van der Waals surface area (Å²) in [6.07, 6.45) is 0. The Bertz CT molecular complexity index is 1170. The standard InChI is InChI=1S/C19H21ClN2O5S2/c1-4-27-10-9-22-15-11-16(25-2)17(26-3)12-18(15)28-19(22)21-29(23,24)14-7-5-13(20)6-8-14/h5-8,11-12H,4,9-10H2,1-3H3/b21-19-. The Labute approximate surface area is 178 Å². The van der Waals surface area contributed by atoms with Crippen LogP contribution in [0, 0.1) is 0 Å². The highest BCUT2D eigenvalue weighted by Crippen LogP contribution is 2.33. The number of sulfonamides is 1. The van der Waals surface area contributed by atoms with Gasteiger partial charge in [0.15, 0.2) is 11.5 Å². The Balaban J connectivity index is 2.20. The predicted octanol–water partition coefficient (Wildman–Crippen LogP) is 3.70. The third-order valence-electron chi connectivity index (χ3n) is 4.16. The summed E-state index contributed by atoms with van der Waals surface area (Å²) in [6, 6.07) is 9.53. The van der Waals surface area contributed by atoms with Crippen LogP contribution in [0.2, 0.25) is 5.02 Å². The van der Waals surface area contributed by atoms with E-state index in [4.69, 9.17) is 25.8 Å². The molecule has 0 aliphatic heterocycles. The fraction of sp³-hybridized carbons (Fsp3) is 0.316. The molecule has 0 saturated heterocycles. The number of thiazole rings is 1. The number of aromatic nitrogens is 1. The second-order valence-electron chi connectivity index (χ2n) is 5.93. The van der Waals surface area contributed by atoms with E-state index in [-0.39, 0.29) is 4.90 Å². The van der Waals surface area contributed by atoms with Gasteiger partial charge in [0.05, 0.1) is 35.9 Å². The SMILES string of the molecule is CCOCCn1/c(=N/S(=O)(=O)c2ccc(Cl)cc2)sc2cc(OC)c(OC)cc21. The number of benzene rings is 2. The second kappa shape index (κ2) is 9.17. The van der Waals surface area contributed by atoms with Gasteiger partial charge in [0.1, 0.15) is 0 Å². The Morgan fingerprint density at radius 2 is 1.76 bits per heavy atom. The molecule has 1 heterocycles. The van der Waals surface area contributed by atoms with E-state index in [1.165, 1.54) is 35.6 Å². The molecule has 0 N–H and O–H groups in total. The molecule has 1 aromatic heterocycles. The quantitative estimate of drug-likeness (QED) is 0.483. The number of methoxy groups -OCH3 is 2. The van der Waals surface area contributed by atoms with E-state index in [1.807, 2.05) is 23.6 Å². The first-order valence-electron chi connectivity index (χ1n) is 8.79. The van der Waals surface area contributed by atoms with Gasteiger partial charge in [-0.05, 0) is 31.2 Å². The summed E-state index contributed by atoms with van der Waals surface area (Å²) in [5.41, 5.74) is 0.789. The van der Waals surface area contributed by atoms with Gasteiger partial charge in [-0.1, -0.05) is 22.9 Å². The van der Waals surface area contributed by atoms with Crippen LogP contribution in [-0.4, -0.2) is 40.4 Å². The van der Waals surface area contributed by atoms with Crippen molar-refractivity contribution in [1.82, 2.24) is 4.57 Å². The predicted molar refractivity (Wildman–Crippen MR) is 114 cm³/mol. The van der Waals surface area contributed by atoms with Crippen LogP contribution < -0.4 is 14.3 Å². The van der Waals surface area contributed by atoms with Crippen molar-refractivity contribution in [1.29, 1.82) is 0 Å². The van der Waals surface area contributed by atoms with Crippen molar-refractivity contribution in [3.8, 4) is 11.5 Å². The maximum atomic E-state index is 12.8. The molecule has 3 rings (SSSR count). The van der Waals surface area contributed by atoms with Crippen LogP contribution >= 0.6 is 22.9 Å². The van der Waals surface area contributed by atoms with Crippen LogP contribution in [0.4, 0.5) is 0 Å². The highest BCUT2D eigenvalue weighted by Gasteiger charge is 2.17. The summed E-state index contributed by atoms with van der Waals surface area (Å²) >= 11 is 7.12. The van der Waals surface area contributed by atoms with E-state index < -0.39 is 10.0 Å². The molecule has 156 valence electrons. The van der Waals surface area contributed by atoms with Gasteiger partial charge in [0.25, 0.3) is 10.0 Å². The first-order valence-corrected chi connectivity index (χ1v) is 11.4. The Kier molecular flexibility index (Phi) is 6.84. The van der Waals surface area contributed by atoms with Gasteiger partial charge < -0.3 is 18.8 Å². The largest absolute Gasteiger partial charge is 0.493 e.